The Labute approximate surface area is 153 Å². The third-order valence-electron chi connectivity index (χ3n) is 5.49. The second-order valence-corrected chi connectivity index (χ2v) is 7.25. The zero-order valence-electron chi connectivity index (χ0n) is 15.0. The first-order chi connectivity index (χ1) is 12.7. The Morgan fingerprint density at radius 1 is 1.46 bits per heavy atom. The lowest BCUT2D eigenvalue weighted by atomic mass is 9.73. The predicted molar refractivity (Wildman–Crippen MR) is 95.1 cm³/mol. The van der Waals surface area contributed by atoms with E-state index in [4.69, 9.17) is 13.9 Å². The van der Waals surface area contributed by atoms with E-state index in [-0.39, 0.29) is 17.4 Å². The molecule has 0 spiro atoms. The van der Waals surface area contributed by atoms with Crippen molar-refractivity contribution in [3.05, 3.63) is 48.2 Å². The number of furan rings is 1. The van der Waals surface area contributed by atoms with Crippen molar-refractivity contribution in [2.75, 3.05) is 26.3 Å². The average Bonchev–Trinajstić information content (AvgIpc) is 3.12. The van der Waals surface area contributed by atoms with Crippen LogP contribution in [0.3, 0.4) is 0 Å². The summed E-state index contributed by atoms with van der Waals surface area (Å²) in [7, 11) is 0. The van der Waals surface area contributed by atoms with Crippen molar-refractivity contribution in [3.8, 4) is 5.75 Å². The van der Waals surface area contributed by atoms with Gasteiger partial charge in [0.25, 0.3) is 5.91 Å². The first-order valence-electron chi connectivity index (χ1n) is 9.16. The number of carbonyl (C=O) groups is 1. The normalized spacial score (nSPS) is 25.6. The summed E-state index contributed by atoms with van der Waals surface area (Å²) in [5.74, 6) is 1.14. The third-order valence-corrected chi connectivity index (χ3v) is 5.49. The molecule has 4 heterocycles. The number of hydrogen-bond donors (Lipinski definition) is 0. The van der Waals surface area contributed by atoms with E-state index in [2.05, 4.69) is 4.98 Å². The number of fused-ring (bicyclic) bond motifs is 1. The molecule has 6 nitrogen and oxygen atoms in total. The molecule has 138 valence electrons. The number of rotatable bonds is 4. The van der Waals surface area contributed by atoms with Gasteiger partial charge in [0, 0.05) is 36.9 Å². The van der Waals surface area contributed by atoms with Crippen LogP contribution in [0.2, 0.25) is 0 Å². The van der Waals surface area contributed by atoms with E-state index in [1.165, 1.54) is 0 Å². The van der Waals surface area contributed by atoms with Gasteiger partial charge in [0.2, 0.25) is 0 Å². The van der Waals surface area contributed by atoms with Gasteiger partial charge >= 0.3 is 0 Å². The SMILES string of the molecule is Cc1ccoc1C(=O)N1CC[C@H]2OCCC[C@]2(COc2cccnc2)C1. The quantitative estimate of drug-likeness (QED) is 0.842. The fraction of sp³-hybridized carbons (Fsp3) is 0.500. The molecule has 2 saturated heterocycles. The van der Waals surface area contributed by atoms with E-state index in [1.54, 1.807) is 18.7 Å². The van der Waals surface area contributed by atoms with Crippen LogP contribution in [-0.4, -0.2) is 48.2 Å². The van der Waals surface area contributed by atoms with E-state index in [0.29, 0.717) is 25.5 Å². The topological polar surface area (TPSA) is 64.8 Å². The van der Waals surface area contributed by atoms with Crippen molar-refractivity contribution in [1.29, 1.82) is 0 Å². The molecular weight excluding hydrogens is 332 g/mol. The highest BCUT2D eigenvalue weighted by Crippen LogP contribution is 2.41. The Hall–Kier alpha value is -2.34. The maximum absolute atomic E-state index is 12.9. The van der Waals surface area contributed by atoms with Gasteiger partial charge in [-0.15, -0.1) is 0 Å². The molecule has 0 N–H and O–H groups in total. The van der Waals surface area contributed by atoms with E-state index in [9.17, 15) is 4.79 Å². The van der Waals surface area contributed by atoms with Crippen LogP contribution in [0.15, 0.2) is 41.3 Å². The minimum atomic E-state index is -0.192. The molecule has 0 aromatic carbocycles. The van der Waals surface area contributed by atoms with Crippen LogP contribution in [0.5, 0.6) is 5.75 Å². The maximum atomic E-state index is 12.9. The molecule has 4 rings (SSSR count). The zero-order chi connectivity index (χ0) is 18.0. The number of pyridine rings is 1. The van der Waals surface area contributed by atoms with Gasteiger partial charge in [-0.25, -0.2) is 0 Å². The minimum absolute atomic E-state index is 0.0442. The second kappa shape index (κ2) is 7.11. The number of amides is 1. The van der Waals surface area contributed by atoms with Gasteiger partial charge in [-0.3, -0.25) is 9.78 Å². The van der Waals surface area contributed by atoms with E-state index in [1.807, 2.05) is 30.0 Å². The van der Waals surface area contributed by atoms with Crippen LogP contribution in [0.1, 0.15) is 35.4 Å². The number of nitrogens with zero attached hydrogens (tertiary/aromatic N) is 2. The van der Waals surface area contributed by atoms with E-state index >= 15 is 0 Å². The minimum Gasteiger partial charge on any atom is -0.491 e. The molecular formula is C20H24N2O4. The molecule has 2 atom stereocenters. The standard InChI is InChI=1S/C20H24N2O4/c1-15-6-11-25-18(15)19(23)22-9-5-17-20(13-22,7-3-10-24-17)14-26-16-4-2-8-21-12-16/h2,4,6,8,11-12,17H,3,5,7,9-10,13-14H2,1H3/t17-,20-/m1/s1. The molecule has 0 aliphatic carbocycles. The van der Waals surface area contributed by atoms with Gasteiger partial charge < -0.3 is 18.8 Å². The smallest absolute Gasteiger partial charge is 0.289 e. The molecule has 0 radical (unpaired) electrons. The molecule has 2 aromatic rings. The van der Waals surface area contributed by atoms with Gasteiger partial charge in [-0.05, 0) is 44.4 Å². The van der Waals surface area contributed by atoms with Crippen LogP contribution >= 0.6 is 0 Å². The summed E-state index contributed by atoms with van der Waals surface area (Å²) >= 11 is 0. The highest BCUT2D eigenvalue weighted by Gasteiger charge is 2.48. The molecule has 2 aliphatic rings. The summed E-state index contributed by atoms with van der Waals surface area (Å²) in [6.45, 7) is 4.50. The monoisotopic (exact) mass is 356 g/mol. The predicted octanol–water partition coefficient (Wildman–Crippen LogP) is 3.07. The van der Waals surface area contributed by atoms with Crippen LogP contribution in [0, 0.1) is 12.3 Å². The Morgan fingerprint density at radius 3 is 3.15 bits per heavy atom. The average molecular weight is 356 g/mol. The van der Waals surface area contributed by atoms with Crippen LogP contribution in [0.4, 0.5) is 0 Å². The number of ether oxygens (including phenoxy) is 2. The number of carbonyl (C=O) groups excluding carboxylic acids is 1. The second-order valence-electron chi connectivity index (χ2n) is 7.25. The Bertz CT molecular complexity index is 760. The molecule has 2 aliphatic heterocycles. The summed E-state index contributed by atoms with van der Waals surface area (Å²) in [6.07, 6.45) is 7.92. The van der Waals surface area contributed by atoms with Gasteiger partial charge in [0.1, 0.15) is 5.75 Å². The first-order valence-corrected chi connectivity index (χ1v) is 9.16. The van der Waals surface area contributed by atoms with Crippen molar-refractivity contribution in [1.82, 2.24) is 9.88 Å². The fourth-order valence-electron chi connectivity index (χ4n) is 4.07. The largest absolute Gasteiger partial charge is 0.491 e. The van der Waals surface area contributed by atoms with Crippen molar-refractivity contribution >= 4 is 5.91 Å². The number of hydrogen-bond acceptors (Lipinski definition) is 5. The third kappa shape index (κ3) is 3.21. The Balaban J connectivity index is 1.53. The molecule has 0 bridgehead atoms. The van der Waals surface area contributed by atoms with Crippen molar-refractivity contribution in [2.24, 2.45) is 5.41 Å². The summed E-state index contributed by atoms with van der Waals surface area (Å²) in [5.41, 5.74) is 0.681. The summed E-state index contributed by atoms with van der Waals surface area (Å²) in [4.78, 5) is 18.9. The van der Waals surface area contributed by atoms with E-state index in [0.717, 1.165) is 37.2 Å². The lowest BCUT2D eigenvalue weighted by Crippen LogP contribution is -2.58. The highest BCUT2D eigenvalue weighted by molar-refractivity contribution is 5.93. The van der Waals surface area contributed by atoms with Crippen molar-refractivity contribution in [3.63, 3.8) is 0 Å². The van der Waals surface area contributed by atoms with Gasteiger partial charge in [0.15, 0.2) is 5.76 Å². The zero-order valence-corrected chi connectivity index (χ0v) is 15.0. The molecule has 2 fully saturated rings. The Morgan fingerprint density at radius 2 is 2.38 bits per heavy atom. The molecule has 26 heavy (non-hydrogen) atoms. The van der Waals surface area contributed by atoms with Gasteiger partial charge in [-0.2, -0.15) is 0 Å². The van der Waals surface area contributed by atoms with Crippen LogP contribution < -0.4 is 4.74 Å². The van der Waals surface area contributed by atoms with Gasteiger partial charge in [-0.1, -0.05) is 0 Å². The number of aryl methyl sites for hydroxylation is 1. The number of aromatic nitrogens is 1. The molecule has 0 saturated carbocycles. The van der Waals surface area contributed by atoms with Crippen molar-refractivity contribution in [2.45, 2.75) is 32.3 Å². The summed E-state index contributed by atoms with van der Waals surface area (Å²) in [5, 5.41) is 0. The lowest BCUT2D eigenvalue weighted by molar-refractivity contribution is -0.133. The summed E-state index contributed by atoms with van der Waals surface area (Å²) in [6, 6.07) is 5.59. The lowest BCUT2D eigenvalue weighted by Gasteiger charge is -2.50. The fourth-order valence-corrected chi connectivity index (χ4v) is 4.07. The van der Waals surface area contributed by atoms with Gasteiger partial charge in [0.05, 0.1) is 25.2 Å². The number of likely N-dealkylation sites (tertiary alicyclic amines) is 1. The number of piperidine rings is 1. The Kier molecular flexibility index (Phi) is 4.68. The molecule has 6 heteroatoms. The molecule has 1 amide bonds. The first kappa shape index (κ1) is 17.1. The van der Waals surface area contributed by atoms with E-state index < -0.39 is 0 Å². The highest BCUT2D eigenvalue weighted by atomic mass is 16.5. The summed E-state index contributed by atoms with van der Waals surface area (Å²) < 4.78 is 17.5. The van der Waals surface area contributed by atoms with Crippen LogP contribution in [-0.2, 0) is 4.74 Å². The maximum Gasteiger partial charge on any atom is 0.289 e. The molecule has 0 unspecified atom stereocenters. The van der Waals surface area contributed by atoms with Crippen LogP contribution in [0.25, 0.3) is 0 Å². The van der Waals surface area contributed by atoms with Crippen molar-refractivity contribution < 1.29 is 18.7 Å². The molecule has 2 aromatic heterocycles.